The monoisotopic (exact) mass is 465 g/mol. The van der Waals surface area contributed by atoms with Crippen LogP contribution < -0.4 is 5.32 Å². The fraction of sp³-hybridized carbons (Fsp3) is 0.391. The molecule has 0 bridgehead atoms. The molecule has 0 saturated carbocycles. The Kier molecular flexibility index (Phi) is 5.94. The summed E-state index contributed by atoms with van der Waals surface area (Å²) in [5.41, 5.74) is -0.605. The van der Waals surface area contributed by atoms with Gasteiger partial charge in [-0.1, -0.05) is 35.9 Å². The molecule has 0 radical (unpaired) electrons. The molecule has 2 aliphatic rings. The number of likely N-dealkylation sites (tertiary alicyclic amines) is 1. The third-order valence-corrected chi connectivity index (χ3v) is 6.54. The van der Waals surface area contributed by atoms with E-state index >= 15 is 0 Å². The molecule has 1 atom stereocenters. The molecule has 2 heterocycles. The second kappa shape index (κ2) is 8.41. The molecule has 1 N–H and O–H groups in total. The Balaban J connectivity index is 1.52. The highest BCUT2D eigenvalue weighted by Gasteiger charge is 2.50. The first-order valence-corrected chi connectivity index (χ1v) is 10.8. The third-order valence-electron chi connectivity index (χ3n) is 6.22. The number of halogens is 4. The van der Waals surface area contributed by atoms with Crippen LogP contribution in [0.2, 0.25) is 5.02 Å². The van der Waals surface area contributed by atoms with Gasteiger partial charge < -0.3 is 9.80 Å². The molecule has 2 amide bonds. The van der Waals surface area contributed by atoms with Gasteiger partial charge in [0.15, 0.2) is 0 Å². The molecular weight excluding hydrogens is 443 g/mol. The van der Waals surface area contributed by atoms with Gasteiger partial charge in [0, 0.05) is 32.5 Å². The van der Waals surface area contributed by atoms with Crippen molar-refractivity contribution in [3.63, 3.8) is 0 Å². The van der Waals surface area contributed by atoms with E-state index in [4.69, 9.17) is 11.6 Å². The lowest BCUT2D eigenvalue weighted by molar-refractivity contribution is -0.137. The van der Waals surface area contributed by atoms with Gasteiger partial charge in [-0.15, -0.1) is 0 Å². The zero-order valence-corrected chi connectivity index (χ0v) is 18.2. The normalized spacial score (nSPS) is 20.8. The molecule has 2 aromatic carbocycles. The SMILES string of the molecule is C[C@@H]1NC2(CCN(C(=O)c3ccccc3Cl)CC2)N(Cc2cccc(C(F)(F)F)c2)C1=O. The molecule has 0 aromatic heterocycles. The summed E-state index contributed by atoms with van der Waals surface area (Å²) in [7, 11) is 0. The van der Waals surface area contributed by atoms with Crippen molar-refractivity contribution in [3.05, 3.63) is 70.2 Å². The van der Waals surface area contributed by atoms with Crippen LogP contribution >= 0.6 is 11.6 Å². The standard InChI is InChI=1S/C23H23ClF3N3O2/c1-15-20(31)30(14-16-5-4-6-17(13-16)23(25,26)27)22(28-15)9-11-29(12-10-22)21(32)18-7-2-3-8-19(18)24/h2-8,13,15,28H,9-12,14H2,1H3/t15-/m0/s1. The molecule has 1 spiro atoms. The van der Waals surface area contributed by atoms with E-state index in [1.54, 1.807) is 47.1 Å². The van der Waals surface area contributed by atoms with Gasteiger partial charge in [0.05, 0.1) is 27.9 Å². The topological polar surface area (TPSA) is 52.7 Å². The van der Waals surface area contributed by atoms with Gasteiger partial charge in [-0.25, -0.2) is 0 Å². The number of amides is 2. The summed E-state index contributed by atoms with van der Waals surface area (Å²) in [5, 5.41) is 3.72. The fourth-order valence-corrected chi connectivity index (χ4v) is 4.76. The van der Waals surface area contributed by atoms with E-state index in [1.807, 2.05) is 0 Å². The molecule has 32 heavy (non-hydrogen) atoms. The number of carbonyl (C=O) groups is 2. The second-order valence-electron chi connectivity index (χ2n) is 8.29. The average Bonchev–Trinajstić information content (AvgIpc) is 2.98. The van der Waals surface area contributed by atoms with E-state index in [0.717, 1.165) is 12.1 Å². The number of rotatable bonds is 3. The van der Waals surface area contributed by atoms with E-state index in [1.165, 1.54) is 6.07 Å². The molecule has 0 aliphatic carbocycles. The summed E-state index contributed by atoms with van der Waals surface area (Å²) in [6, 6.07) is 11.4. The molecule has 5 nitrogen and oxygen atoms in total. The molecule has 170 valence electrons. The molecule has 9 heteroatoms. The summed E-state index contributed by atoms with van der Waals surface area (Å²) in [4.78, 5) is 29.1. The van der Waals surface area contributed by atoms with Crippen molar-refractivity contribution >= 4 is 23.4 Å². The van der Waals surface area contributed by atoms with Gasteiger partial charge in [-0.2, -0.15) is 13.2 Å². The Morgan fingerprint density at radius 2 is 1.84 bits per heavy atom. The van der Waals surface area contributed by atoms with Gasteiger partial charge in [0.25, 0.3) is 5.91 Å². The summed E-state index contributed by atoms with van der Waals surface area (Å²) in [5.74, 6) is -0.333. The molecule has 0 unspecified atom stereocenters. The minimum atomic E-state index is -4.45. The summed E-state index contributed by atoms with van der Waals surface area (Å²) in [6.07, 6.45) is -3.50. The predicted octanol–water partition coefficient (Wildman–Crippen LogP) is 4.31. The number of hydrogen-bond donors (Lipinski definition) is 1. The number of benzene rings is 2. The van der Waals surface area contributed by atoms with Crippen molar-refractivity contribution < 1.29 is 22.8 Å². The first-order valence-electron chi connectivity index (χ1n) is 10.4. The number of hydrogen-bond acceptors (Lipinski definition) is 3. The Labute approximate surface area is 189 Å². The van der Waals surface area contributed by atoms with Crippen LogP contribution in [0.5, 0.6) is 0 Å². The molecular formula is C23H23ClF3N3O2. The van der Waals surface area contributed by atoms with E-state index in [0.29, 0.717) is 42.1 Å². The molecule has 2 aliphatic heterocycles. The van der Waals surface area contributed by atoms with Gasteiger partial charge in [-0.3, -0.25) is 14.9 Å². The van der Waals surface area contributed by atoms with Crippen LogP contribution in [-0.4, -0.2) is 46.4 Å². The van der Waals surface area contributed by atoms with Gasteiger partial charge in [0.1, 0.15) is 0 Å². The Bertz CT molecular complexity index is 1040. The summed E-state index contributed by atoms with van der Waals surface area (Å²) < 4.78 is 39.3. The second-order valence-corrected chi connectivity index (χ2v) is 8.70. The van der Waals surface area contributed by atoms with Gasteiger partial charge in [0.2, 0.25) is 5.91 Å². The van der Waals surface area contributed by atoms with Gasteiger partial charge >= 0.3 is 6.18 Å². The Hall–Kier alpha value is -2.58. The number of piperidine rings is 1. The van der Waals surface area contributed by atoms with Crippen molar-refractivity contribution in [1.29, 1.82) is 0 Å². The van der Waals surface area contributed by atoms with E-state index in [2.05, 4.69) is 5.32 Å². The number of nitrogens with one attached hydrogen (secondary N) is 1. The molecule has 4 rings (SSSR count). The third kappa shape index (κ3) is 4.21. The van der Waals surface area contributed by atoms with Crippen molar-refractivity contribution in [1.82, 2.24) is 15.1 Å². The smallest absolute Gasteiger partial charge is 0.338 e. The first kappa shape index (κ1) is 22.6. The first-order chi connectivity index (χ1) is 15.1. The highest BCUT2D eigenvalue weighted by Crippen LogP contribution is 2.35. The zero-order chi connectivity index (χ0) is 23.1. The average molecular weight is 466 g/mol. The van der Waals surface area contributed by atoms with Crippen LogP contribution in [0, 0.1) is 0 Å². The predicted molar refractivity (Wildman–Crippen MR) is 114 cm³/mol. The highest BCUT2D eigenvalue weighted by atomic mass is 35.5. The van der Waals surface area contributed by atoms with Crippen LogP contribution in [0.4, 0.5) is 13.2 Å². The number of alkyl halides is 3. The minimum Gasteiger partial charge on any atom is -0.338 e. The van der Waals surface area contributed by atoms with Crippen LogP contribution in [0.25, 0.3) is 0 Å². The molecule has 2 aromatic rings. The lowest BCUT2D eigenvalue weighted by Crippen LogP contribution is -2.59. The maximum absolute atomic E-state index is 13.1. The van der Waals surface area contributed by atoms with Crippen LogP contribution in [0.1, 0.15) is 41.3 Å². The van der Waals surface area contributed by atoms with Crippen molar-refractivity contribution in [2.45, 2.75) is 44.2 Å². The molecule has 2 saturated heterocycles. The van der Waals surface area contributed by atoms with E-state index in [9.17, 15) is 22.8 Å². The Morgan fingerprint density at radius 3 is 2.50 bits per heavy atom. The lowest BCUT2D eigenvalue weighted by atomic mass is 9.94. The number of nitrogens with zero attached hydrogens (tertiary/aromatic N) is 2. The number of carbonyl (C=O) groups excluding carboxylic acids is 2. The lowest BCUT2D eigenvalue weighted by Gasteiger charge is -2.44. The van der Waals surface area contributed by atoms with Crippen LogP contribution in [0.15, 0.2) is 48.5 Å². The van der Waals surface area contributed by atoms with Crippen molar-refractivity contribution in [2.24, 2.45) is 0 Å². The van der Waals surface area contributed by atoms with Crippen LogP contribution in [-0.2, 0) is 17.5 Å². The minimum absolute atomic E-state index is 0.0680. The maximum Gasteiger partial charge on any atom is 0.416 e. The van der Waals surface area contributed by atoms with Crippen LogP contribution in [0.3, 0.4) is 0 Å². The maximum atomic E-state index is 13.1. The van der Waals surface area contributed by atoms with E-state index in [-0.39, 0.29) is 18.4 Å². The van der Waals surface area contributed by atoms with Gasteiger partial charge in [-0.05, 0) is 36.8 Å². The molecule has 2 fully saturated rings. The fourth-order valence-electron chi connectivity index (χ4n) is 4.54. The highest BCUT2D eigenvalue weighted by molar-refractivity contribution is 6.33. The van der Waals surface area contributed by atoms with Crippen molar-refractivity contribution in [2.75, 3.05) is 13.1 Å². The summed E-state index contributed by atoms with van der Waals surface area (Å²) in [6.45, 7) is 2.61. The Morgan fingerprint density at radius 1 is 1.16 bits per heavy atom. The largest absolute Gasteiger partial charge is 0.416 e. The quantitative estimate of drug-likeness (QED) is 0.735. The van der Waals surface area contributed by atoms with E-state index < -0.39 is 23.4 Å². The zero-order valence-electron chi connectivity index (χ0n) is 17.5. The summed E-state index contributed by atoms with van der Waals surface area (Å²) >= 11 is 6.16. The van der Waals surface area contributed by atoms with Crippen molar-refractivity contribution in [3.8, 4) is 0 Å².